The van der Waals surface area contributed by atoms with Crippen LogP contribution in [0.25, 0.3) is 10.6 Å². The molecule has 3 nitrogen and oxygen atoms in total. The summed E-state index contributed by atoms with van der Waals surface area (Å²) in [7, 11) is 1.87. The topological polar surface area (TPSA) is 37.8 Å². The lowest BCUT2D eigenvalue weighted by Crippen LogP contribution is -2.08. The van der Waals surface area contributed by atoms with Crippen molar-refractivity contribution in [2.75, 3.05) is 7.05 Å². The van der Waals surface area contributed by atoms with E-state index in [1.54, 1.807) is 6.20 Å². The molecule has 0 radical (unpaired) electrons. The van der Waals surface area contributed by atoms with Crippen LogP contribution in [0.15, 0.2) is 24.4 Å². The van der Waals surface area contributed by atoms with Gasteiger partial charge in [0.15, 0.2) is 0 Å². The van der Waals surface area contributed by atoms with Crippen molar-refractivity contribution < 1.29 is 0 Å². The van der Waals surface area contributed by atoms with Crippen LogP contribution >= 0.6 is 22.9 Å². The molecule has 0 amide bonds. The van der Waals surface area contributed by atoms with Gasteiger partial charge < -0.3 is 5.32 Å². The highest BCUT2D eigenvalue weighted by molar-refractivity contribution is 7.19. The predicted octanol–water partition coefficient (Wildman–Crippen LogP) is 2.58. The standard InChI is InChI=1S/C10H10ClN3S/c1-12-6-10-13-5-4-7(14-10)8-2-3-9(11)15-8/h2-5,12H,6H2,1H3. The van der Waals surface area contributed by atoms with Gasteiger partial charge in [-0.25, -0.2) is 9.97 Å². The average Bonchev–Trinajstić information content (AvgIpc) is 2.66. The van der Waals surface area contributed by atoms with E-state index < -0.39 is 0 Å². The summed E-state index contributed by atoms with van der Waals surface area (Å²) < 4.78 is 0.777. The molecule has 2 aromatic rings. The minimum absolute atomic E-state index is 0.674. The van der Waals surface area contributed by atoms with Crippen molar-refractivity contribution in [2.24, 2.45) is 0 Å². The molecule has 0 atom stereocenters. The van der Waals surface area contributed by atoms with Crippen molar-refractivity contribution in [1.82, 2.24) is 15.3 Å². The highest BCUT2D eigenvalue weighted by Gasteiger charge is 2.04. The first kappa shape index (κ1) is 10.5. The summed E-state index contributed by atoms with van der Waals surface area (Å²) in [5.74, 6) is 0.791. The molecule has 1 N–H and O–H groups in total. The molecule has 0 aliphatic rings. The van der Waals surface area contributed by atoms with E-state index in [1.165, 1.54) is 11.3 Å². The zero-order valence-electron chi connectivity index (χ0n) is 8.20. The van der Waals surface area contributed by atoms with Gasteiger partial charge in [0.05, 0.1) is 21.5 Å². The molecule has 15 heavy (non-hydrogen) atoms. The van der Waals surface area contributed by atoms with Crippen LogP contribution in [-0.4, -0.2) is 17.0 Å². The maximum absolute atomic E-state index is 5.87. The van der Waals surface area contributed by atoms with E-state index in [4.69, 9.17) is 11.6 Å². The molecule has 2 rings (SSSR count). The van der Waals surface area contributed by atoms with E-state index >= 15 is 0 Å². The Hall–Kier alpha value is -0.970. The Bertz CT molecular complexity index is 455. The zero-order chi connectivity index (χ0) is 10.7. The summed E-state index contributed by atoms with van der Waals surface area (Å²) in [6.45, 7) is 0.674. The van der Waals surface area contributed by atoms with Gasteiger partial charge in [0.25, 0.3) is 0 Å². The van der Waals surface area contributed by atoms with Gasteiger partial charge in [0, 0.05) is 6.20 Å². The van der Waals surface area contributed by atoms with Crippen LogP contribution in [-0.2, 0) is 6.54 Å². The molecule has 0 saturated carbocycles. The Morgan fingerprint density at radius 1 is 1.40 bits per heavy atom. The Morgan fingerprint density at radius 3 is 2.93 bits per heavy atom. The maximum Gasteiger partial charge on any atom is 0.142 e. The van der Waals surface area contributed by atoms with Gasteiger partial charge in [-0.05, 0) is 25.2 Å². The second-order valence-corrected chi connectivity index (χ2v) is 4.71. The van der Waals surface area contributed by atoms with Crippen molar-refractivity contribution in [3.8, 4) is 10.6 Å². The third kappa shape index (κ3) is 2.53. The van der Waals surface area contributed by atoms with E-state index in [-0.39, 0.29) is 0 Å². The molecule has 0 aliphatic heterocycles. The summed E-state index contributed by atoms with van der Waals surface area (Å²) >= 11 is 7.40. The lowest BCUT2D eigenvalue weighted by atomic mass is 10.3. The molecule has 2 heterocycles. The number of thiophene rings is 1. The van der Waals surface area contributed by atoms with Crippen molar-refractivity contribution >= 4 is 22.9 Å². The SMILES string of the molecule is CNCc1nccc(-c2ccc(Cl)s2)n1. The fourth-order valence-electron chi connectivity index (χ4n) is 1.23. The van der Waals surface area contributed by atoms with Crippen LogP contribution in [0, 0.1) is 0 Å². The molecule has 0 bridgehead atoms. The van der Waals surface area contributed by atoms with Crippen LogP contribution < -0.4 is 5.32 Å². The Morgan fingerprint density at radius 2 is 2.27 bits per heavy atom. The molecule has 2 aromatic heterocycles. The molecular formula is C10H10ClN3S. The largest absolute Gasteiger partial charge is 0.313 e. The molecule has 0 unspecified atom stereocenters. The number of rotatable bonds is 3. The molecule has 0 aromatic carbocycles. The molecule has 0 spiro atoms. The van der Waals surface area contributed by atoms with E-state index in [0.29, 0.717) is 6.54 Å². The number of nitrogens with zero attached hydrogens (tertiary/aromatic N) is 2. The predicted molar refractivity (Wildman–Crippen MR) is 63.1 cm³/mol. The lowest BCUT2D eigenvalue weighted by Gasteiger charge is -2.00. The number of hydrogen-bond donors (Lipinski definition) is 1. The van der Waals surface area contributed by atoms with Gasteiger partial charge in [-0.3, -0.25) is 0 Å². The second kappa shape index (κ2) is 4.70. The van der Waals surface area contributed by atoms with Crippen molar-refractivity contribution in [2.45, 2.75) is 6.54 Å². The lowest BCUT2D eigenvalue weighted by molar-refractivity contribution is 0.759. The molecular weight excluding hydrogens is 230 g/mol. The minimum Gasteiger partial charge on any atom is -0.313 e. The molecule has 0 aliphatic carbocycles. The maximum atomic E-state index is 5.87. The number of aromatic nitrogens is 2. The van der Waals surface area contributed by atoms with Crippen molar-refractivity contribution in [3.05, 3.63) is 34.6 Å². The number of halogens is 1. The first-order chi connectivity index (χ1) is 7.29. The second-order valence-electron chi connectivity index (χ2n) is 2.99. The summed E-state index contributed by atoms with van der Waals surface area (Å²) in [6, 6.07) is 5.74. The first-order valence-electron chi connectivity index (χ1n) is 4.52. The Balaban J connectivity index is 2.32. The van der Waals surface area contributed by atoms with Crippen LogP contribution in [0.1, 0.15) is 5.82 Å². The van der Waals surface area contributed by atoms with Crippen LogP contribution in [0.5, 0.6) is 0 Å². The van der Waals surface area contributed by atoms with Crippen molar-refractivity contribution in [3.63, 3.8) is 0 Å². The van der Waals surface area contributed by atoms with E-state index in [2.05, 4.69) is 15.3 Å². The highest BCUT2D eigenvalue weighted by Crippen LogP contribution is 2.29. The third-order valence-electron chi connectivity index (χ3n) is 1.87. The van der Waals surface area contributed by atoms with Gasteiger partial charge in [0.2, 0.25) is 0 Å². The van der Waals surface area contributed by atoms with Gasteiger partial charge in [0.1, 0.15) is 5.82 Å². The molecule has 0 fully saturated rings. The molecule has 5 heteroatoms. The Kier molecular flexibility index (Phi) is 3.30. The summed E-state index contributed by atoms with van der Waals surface area (Å²) in [4.78, 5) is 9.65. The van der Waals surface area contributed by atoms with Gasteiger partial charge in [-0.15, -0.1) is 11.3 Å². The Labute approximate surface area is 97.2 Å². The fraction of sp³-hybridized carbons (Fsp3) is 0.200. The van der Waals surface area contributed by atoms with Crippen molar-refractivity contribution in [1.29, 1.82) is 0 Å². The van der Waals surface area contributed by atoms with Gasteiger partial charge in [-0.2, -0.15) is 0 Å². The fourth-order valence-corrected chi connectivity index (χ4v) is 2.24. The van der Waals surface area contributed by atoms with Gasteiger partial charge in [-0.1, -0.05) is 11.6 Å². The quantitative estimate of drug-likeness (QED) is 0.895. The van der Waals surface area contributed by atoms with Crippen LogP contribution in [0.2, 0.25) is 4.34 Å². The van der Waals surface area contributed by atoms with Crippen LogP contribution in [0.3, 0.4) is 0 Å². The number of nitrogens with one attached hydrogen (secondary N) is 1. The zero-order valence-corrected chi connectivity index (χ0v) is 9.77. The minimum atomic E-state index is 0.674. The summed E-state index contributed by atoms with van der Waals surface area (Å²) in [6.07, 6.45) is 1.77. The van der Waals surface area contributed by atoms with E-state index in [9.17, 15) is 0 Å². The average molecular weight is 240 g/mol. The van der Waals surface area contributed by atoms with E-state index in [1.807, 2.05) is 25.2 Å². The van der Waals surface area contributed by atoms with Gasteiger partial charge >= 0.3 is 0 Å². The normalized spacial score (nSPS) is 10.5. The van der Waals surface area contributed by atoms with E-state index in [0.717, 1.165) is 20.7 Å². The smallest absolute Gasteiger partial charge is 0.142 e. The highest BCUT2D eigenvalue weighted by atomic mass is 35.5. The summed E-state index contributed by atoms with van der Waals surface area (Å²) in [5.41, 5.74) is 0.923. The number of hydrogen-bond acceptors (Lipinski definition) is 4. The molecule has 0 saturated heterocycles. The monoisotopic (exact) mass is 239 g/mol. The first-order valence-corrected chi connectivity index (χ1v) is 5.71. The molecule has 78 valence electrons. The summed E-state index contributed by atoms with van der Waals surface area (Å²) in [5, 5.41) is 3.02. The third-order valence-corrected chi connectivity index (χ3v) is 3.12. The van der Waals surface area contributed by atoms with Crippen LogP contribution in [0.4, 0.5) is 0 Å².